The van der Waals surface area contributed by atoms with E-state index >= 15 is 0 Å². The summed E-state index contributed by atoms with van der Waals surface area (Å²) in [6.45, 7) is -1.75. The number of carbonyl (C=O) groups excluding carboxylic acids is 2. The van der Waals surface area contributed by atoms with Crippen molar-refractivity contribution in [1.29, 1.82) is 0 Å². The number of alkyl halides is 2. The number of rotatable bonds is 5. The largest absolute Gasteiger partial charge is 0.465 e. The van der Waals surface area contributed by atoms with E-state index in [0.717, 1.165) is 24.3 Å². The van der Waals surface area contributed by atoms with Crippen molar-refractivity contribution in [1.82, 2.24) is 9.38 Å². The number of halogens is 5. The molecule has 0 N–H and O–H groups in total. The summed E-state index contributed by atoms with van der Waals surface area (Å²) < 4.78 is 64.7. The molecule has 4 rings (SSSR count). The first-order valence-electron chi connectivity index (χ1n) is 9.05. The third-order valence-electron chi connectivity index (χ3n) is 4.91. The van der Waals surface area contributed by atoms with Gasteiger partial charge in [-0.05, 0) is 28.9 Å². The first kappa shape index (κ1) is 21.3. The Labute approximate surface area is 180 Å². The van der Waals surface area contributed by atoms with E-state index in [1.807, 2.05) is 0 Å². The van der Waals surface area contributed by atoms with Crippen molar-refractivity contribution in [2.75, 3.05) is 6.61 Å². The van der Waals surface area contributed by atoms with Crippen LogP contribution in [0.3, 0.4) is 0 Å². The summed E-state index contributed by atoms with van der Waals surface area (Å²) in [5.74, 6) is -6.26. The van der Waals surface area contributed by atoms with E-state index in [4.69, 9.17) is 4.74 Å². The Hall–Kier alpha value is -2.95. The molecule has 6 nitrogen and oxygen atoms in total. The van der Waals surface area contributed by atoms with Crippen molar-refractivity contribution in [3.8, 4) is 5.75 Å². The van der Waals surface area contributed by atoms with Crippen LogP contribution in [-0.2, 0) is 9.53 Å². The molecule has 1 aromatic carbocycles. The molecule has 0 bridgehead atoms. The normalized spacial score (nSPS) is 18.0. The number of aromatic nitrogens is 2. The maximum atomic E-state index is 14.0. The van der Waals surface area contributed by atoms with Crippen molar-refractivity contribution in [3.05, 3.63) is 63.5 Å². The van der Waals surface area contributed by atoms with Gasteiger partial charge in [0.15, 0.2) is 5.78 Å². The van der Waals surface area contributed by atoms with Gasteiger partial charge in [-0.1, -0.05) is 6.07 Å². The maximum absolute atomic E-state index is 14.0. The van der Waals surface area contributed by atoms with Crippen LogP contribution in [0, 0.1) is 17.6 Å². The average molecular weight is 501 g/mol. The SMILES string of the molecule is CCOC(=O)C1C(=O)c2nc3cc(F)c(Br)cn3c2C1c1ccc(F)cc1OC(F)F. The fraction of sp³-hybridized carbons (Fsp3) is 0.250. The lowest BCUT2D eigenvalue weighted by molar-refractivity contribution is -0.146. The topological polar surface area (TPSA) is 69.9 Å². The molecule has 0 amide bonds. The Morgan fingerprint density at radius 2 is 2.03 bits per heavy atom. The lowest BCUT2D eigenvalue weighted by Gasteiger charge is -2.21. The van der Waals surface area contributed by atoms with Crippen molar-refractivity contribution < 1.29 is 36.6 Å². The molecule has 0 fully saturated rings. The van der Waals surface area contributed by atoms with Gasteiger partial charge in [-0.2, -0.15) is 8.78 Å². The molecule has 0 spiro atoms. The molecule has 162 valence electrons. The molecule has 2 atom stereocenters. The standard InChI is InChI=1S/C20H13BrF4N2O4/c1-2-30-19(29)15-14(9-4-3-8(22)5-12(9)31-20(24)25)17-16(18(15)28)26-13-6-11(23)10(21)7-27(13)17/h3-7,14-15,20H,2H2,1H3. The van der Waals surface area contributed by atoms with Gasteiger partial charge in [0.05, 0.1) is 22.7 Å². The van der Waals surface area contributed by atoms with Crippen LogP contribution in [0.15, 0.2) is 34.9 Å². The third kappa shape index (κ3) is 3.56. The van der Waals surface area contributed by atoms with E-state index in [-0.39, 0.29) is 33.7 Å². The molecule has 11 heteroatoms. The quantitative estimate of drug-likeness (QED) is 0.293. The number of hydrogen-bond donors (Lipinski definition) is 0. The van der Waals surface area contributed by atoms with Crippen LogP contribution in [0.25, 0.3) is 5.65 Å². The molecule has 0 saturated heterocycles. The summed E-state index contributed by atoms with van der Waals surface area (Å²) in [5, 5.41) is 0. The molecule has 1 aliphatic rings. The van der Waals surface area contributed by atoms with Gasteiger partial charge < -0.3 is 13.9 Å². The van der Waals surface area contributed by atoms with Crippen LogP contribution in [0.2, 0.25) is 0 Å². The van der Waals surface area contributed by atoms with Crippen LogP contribution in [0.1, 0.15) is 34.6 Å². The summed E-state index contributed by atoms with van der Waals surface area (Å²) in [6.07, 6.45) is 1.31. The van der Waals surface area contributed by atoms with E-state index in [1.165, 1.54) is 10.6 Å². The highest BCUT2D eigenvalue weighted by atomic mass is 79.9. The second-order valence-electron chi connectivity index (χ2n) is 6.68. The van der Waals surface area contributed by atoms with Crippen molar-refractivity contribution in [3.63, 3.8) is 0 Å². The van der Waals surface area contributed by atoms with Gasteiger partial charge in [0.2, 0.25) is 0 Å². The minimum atomic E-state index is -3.27. The first-order valence-corrected chi connectivity index (χ1v) is 9.84. The zero-order valence-electron chi connectivity index (χ0n) is 15.7. The summed E-state index contributed by atoms with van der Waals surface area (Å²) in [7, 11) is 0. The second-order valence-corrected chi connectivity index (χ2v) is 7.53. The predicted octanol–water partition coefficient (Wildman–Crippen LogP) is 4.48. The molecule has 0 aliphatic heterocycles. The lowest BCUT2D eigenvalue weighted by Crippen LogP contribution is -2.28. The zero-order chi connectivity index (χ0) is 22.4. The van der Waals surface area contributed by atoms with Gasteiger partial charge in [-0.15, -0.1) is 0 Å². The lowest BCUT2D eigenvalue weighted by atomic mass is 9.86. The maximum Gasteiger partial charge on any atom is 0.387 e. The number of imidazole rings is 1. The van der Waals surface area contributed by atoms with Crippen molar-refractivity contribution in [2.24, 2.45) is 5.92 Å². The highest BCUT2D eigenvalue weighted by Gasteiger charge is 2.50. The summed E-state index contributed by atoms with van der Waals surface area (Å²) in [4.78, 5) is 29.9. The Morgan fingerprint density at radius 1 is 1.29 bits per heavy atom. The van der Waals surface area contributed by atoms with E-state index in [0.29, 0.717) is 0 Å². The minimum absolute atomic E-state index is 0.0263. The number of fused-ring (bicyclic) bond motifs is 3. The molecule has 2 heterocycles. The molecule has 31 heavy (non-hydrogen) atoms. The van der Waals surface area contributed by atoms with Gasteiger partial charge in [-0.3, -0.25) is 9.59 Å². The molecule has 0 radical (unpaired) electrons. The molecule has 2 aromatic heterocycles. The van der Waals surface area contributed by atoms with Crippen molar-refractivity contribution >= 4 is 33.3 Å². The average Bonchev–Trinajstić information content (AvgIpc) is 3.17. The molecular formula is C20H13BrF4N2O4. The zero-order valence-corrected chi connectivity index (χ0v) is 17.3. The van der Waals surface area contributed by atoms with Gasteiger partial charge >= 0.3 is 12.6 Å². The molecule has 0 saturated carbocycles. The van der Waals surface area contributed by atoms with Crippen LogP contribution >= 0.6 is 15.9 Å². The fourth-order valence-electron chi connectivity index (χ4n) is 3.76. The number of hydrogen-bond acceptors (Lipinski definition) is 5. The Morgan fingerprint density at radius 3 is 2.71 bits per heavy atom. The van der Waals surface area contributed by atoms with Crippen molar-refractivity contribution in [2.45, 2.75) is 19.5 Å². The van der Waals surface area contributed by atoms with Gasteiger partial charge in [0.1, 0.15) is 34.6 Å². The molecule has 2 unspecified atom stereocenters. The van der Waals surface area contributed by atoms with Crippen LogP contribution < -0.4 is 4.74 Å². The van der Waals surface area contributed by atoms with Crippen LogP contribution in [0.4, 0.5) is 17.6 Å². The van der Waals surface area contributed by atoms with E-state index in [9.17, 15) is 27.2 Å². The third-order valence-corrected chi connectivity index (χ3v) is 5.50. The summed E-state index contributed by atoms with van der Waals surface area (Å²) >= 11 is 3.05. The van der Waals surface area contributed by atoms with Crippen LogP contribution in [0.5, 0.6) is 5.75 Å². The number of pyridine rings is 1. The van der Waals surface area contributed by atoms with E-state index in [1.54, 1.807) is 6.92 Å². The highest BCUT2D eigenvalue weighted by molar-refractivity contribution is 9.10. The minimum Gasteiger partial charge on any atom is -0.465 e. The van der Waals surface area contributed by atoms with Gasteiger partial charge in [0.25, 0.3) is 0 Å². The van der Waals surface area contributed by atoms with Crippen LogP contribution in [-0.4, -0.2) is 34.4 Å². The van der Waals surface area contributed by atoms with E-state index in [2.05, 4.69) is 25.7 Å². The molecular weight excluding hydrogens is 488 g/mol. The van der Waals surface area contributed by atoms with Gasteiger partial charge in [-0.25, -0.2) is 13.8 Å². The summed E-state index contributed by atoms with van der Waals surface area (Å²) in [6, 6.07) is 3.97. The molecule has 3 aromatic rings. The predicted molar refractivity (Wildman–Crippen MR) is 102 cm³/mol. The monoisotopic (exact) mass is 500 g/mol. The number of Topliss-reactive ketones (excluding diaryl/α,β-unsaturated/α-hetero) is 1. The number of nitrogens with zero attached hydrogens (tertiary/aromatic N) is 2. The number of ketones is 1. The fourth-order valence-corrected chi connectivity index (χ4v) is 4.08. The highest BCUT2D eigenvalue weighted by Crippen LogP contribution is 2.46. The molecule has 1 aliphatic carbocycles. The number of benzene rings is 1. The Kier molecular flexibility index (Phi) is 5.46. The number of ether oxygens (including phenoxy) is 2. The first-order chi connectivity index (χ1) is 14.7. The Balaban J connectivity index is 1.99. The smallest absolute Gasteiger partial charge is 0.387 e. The Bertz CT molecular complexity index is 1210. The number of esters is 1. The second kappa shape index (κ2) is 7.95. The van der Waals surface area contributed by atoms with E-state index < -0.39 is 47.6 Å². The summed E-state index contributed by atoms with van der Waals surface area (Å²) in [5.41, 5.74) is 0.0660. The van der Waals surface area contributed by atoms with Gasteiger partial charge in [0, 0.05) is 23.9 Å². The number of carbonyl (C=O) groups is 2.